The molecule has 0 saturated carbocycles. The first kappa shape index (κ1) is 23.0. The SMILES string of the molecule is CCCCC(C)(CC)c1cc(O)c2c(c1O)C(=O)C1=C(C[C@@H](CC(=O)O)O[C@@H]1C)C2=O. The zero-order chi connectivity index (χ0) is 23.1. The summed E-state index contributed by atoms with van der Waals surface area (Å²) in [6, 6.07) is 1.40. The van der Waals surface area contributed by atoms with Crippen LogP contribution in [0, 0.1) is 0 Å². The molecule has 0 bridgehead atoms. The maximum atomic E-state index is 13.4. The second kappa shape index (κ2) is 8.46. The van der Waals surface area contributed by atoms with E-state index in [-0.39, 0.29) is 46.6 Å². The van der Waals surface area contributed by atoms with Crippen LogP contribution in [0.4, 0.5) is 0 Å². The molecule has 7 nitrogen and oxygen atoms in total. The molecule has 1 aliphatic carbocycles. The molecule has 1 aromatic carbocycles. The van der Waals surface area contributed by atoms with Crippen LogP contribution in [0.25, 0.3) is 0 Å². The summed E-state index contributed by atoms with van der Waals surface area (Å²) >= 11 is 0. The smallest absolute Gasteiger partial charge is 0.305 e. The van der Waals surface area contributed by atoms with Gasteiger partial charge in [-0.2, -0.15) is 0 Å². The number of phenolic OH excluding ortho intramolecular Hbond substituents is 2. The number of carbonyl (C=O) groups excluding carboxylic acids is 2. The summed E-state index contributed by atoms with van der Waals surface area (Å²) in [4.78, 5) is 37.8. The Morgan fingerprint density at radius 1 is 1.19 bits per heavy atom. The Kier molecular flexibility index (Phi) is 6.28. The molecule has 2 aliphatic rings. The topological polar surface area (TPSA) is 121 Å². The van der Waals surface area contributed by atoms with Crippen LogP contribution < -0.4 is 0 Å². The molecule has 0 spiro atoms. The Labute approximate surface area is 181 Å². The monoisotopic (exact) mass is 430 g/mol. The number of Topliss-reactive ketones (excluding diaryl/α,β-unsaturated/α-hetero) is 2. The van der Waals surface area contributed by atoms with Crippen molar-refractivity contribution in [3.63, 3.8) is 0 Å². The van der Waals surface area contributed by atoms with E-state index >= 15 is 0 Å². The zero-order valence-electron chi connectivity index (χ0n) is 18.4. The van der Waals surface area contributed by atoms with E-state index in [4.69, 9.17) is 9.84 Å². The number of carboxylic acids is 1. The number of hydrogen-bond acceptors (Lipinski definition) is 6. The fourth-order valence-electron chi connectivity index (χ4n) is 4.76. The molecule has 0 amide bonds. The number of aliphatic carboxylic acids is 1. The Hall–Kier alpha value is -2.67. The van der Waals surface area contributed by atoms with Crippen molar-refractivity contribution in [3.05, 3.63) is 33.9 Å². The number of rotatable bonds is 7. The van der Waals surface area contributed by atoms with E-state index in [1.54, 1.807) is 6.92 Å². The minimum absolute atomic E-state index is 0.0267. The van der Waals surface area contributed by atoms with Crippen molar-refractivity contribution in [1.82, 2.24) is 0 Å². The van der Waals surface area contributed by atoms with Gasteiger partial charge in [0.15, 0.2) is 11.6 Å². The number of ether oxygens (including phenoxy) is 1. The minimum atomic E-state index is -1.06. The number of benzene rings is 1. The number of hydrogen-bond donors (Lipinski definition) is 3. The average Bonchev–Trinajstić information content (AvgIpc) is 2.70. The highest BCUT2D eigenvalue weighted by Gasteiger charge is 2.44. The summed E-state index contributed by atoms with van der Waals surface area (Å²) in [5.74, 6) is -2.76. The van der Waals surface area contributed by atoms with Crippen molar-refractivity contribution < 1.29 is 34.4 Å². The first-order chi connectivity index (χ1) is 14.6. The maximum Gasteiger partial charge on any atom is 0.305 e. The maximum absolute atomic E-state index is 13.4. The molecular formula is C24H30O7. The normalized spacial score (nSPS) is 22.7. The summed E-state index contributed by atoms with van der Waals surface area (Å²) in [6.07, 6.45) is 1.48. The number of unbranched alkanes of at least 4 members (excludes halogenated alkanes) is 1. The third-order valence-corrected chi connectivity index (χ3v) is 6.73. The highest BCUT2D eigenvalue weighted by Crippen LogP contribution is 2.48. The molecule has 1 aliphatic heterocycles. The van der Waals surface area contributed by atoms with E-state index in [1.165, 1.54) is 6.07 Å². The van der Waals surface area contributed by atoms with Gasteiger partial charge in [-0.1, -0.05) is 33.6 Å². The van der Waals surface area contributed by atoms with Crippen LogP contribution in [-0.2, 0) is 14.9 Å². The van der Waals surface area contributed by atoms with E-state index in [1.807, 2.05) is 13.8 Å². The first-order valence-corrected chi connectivity index (χ1v) is 10.8. The van der Waals surface area contributed by atoms with Crippen molar-refractivity contribution in [3.8, 4) is 11.5 Å². The van der Waals surface area contributed by atoms with Crippen LogP contribution in [0.1, 0.15) is 92.5 Å². The number of aromatic hydroxyl groups is 2. The molecule has 1 unspecified atom stereocenters. The lowest BCUT2D eigenvalue weighted by Crippen LogP contribution is -2.38. The van der Waals surface area contributed by atoms with Gasteiger partial charge in [0.1, 0.15) is 11.5 Å². The standard InChI is InChI=1S/C24H30O7/c1-5-7-8-24(4,6-2)15-11-16(25)19-20(22(15)29)23(30)18-12(3)31-13(10-17(26)27)9-14(18)21(19)28/h11-13,25,29H,5-10H2,1-4H3,(H,26,27)/t12-,13+,24?/m1/s1. The molecule has 3 atom stereocenters. The molecule has 1 heterocycles. The molecule has 0 saturated heterocycles. The minimum Gasteiger partial charge on any atom is -0.507 e. The average molecular weight is 430 g/mol. The molecule has 3 N–H and O–H groups in total. The Bertz CT molecular complexity index is 975. The van der Waals surface area contributed by atoms with Gasteiger partial charge in [0.25, 0.3) is 0 Å². The molecule has 0 fully saturated rings. The van der Waals surface area contributed by atoms with Gasteiger partial charge in [0.2, 0.25) is 0 Å². The molecule has 0 radical (unpaired) electrons. The number of fused-ring (bicyclic) bond motifs is 1. The Morgan fingerprint density at radius 3 is 2.45 bits per heavy atom. The molecule has 7 heteroatoms. The van der Waals surface area contributed by atoms with Gasteiger partial charge in [0, 0.05) is 23.1 Å². The Morgan fingerprint density at radius 2 is 1.87 bits per heavy atom. The fraction of sp³-hybridized carbons (Fsp3) is 0.542. The first-order valence-electron chi connectivity index (χ1n) is 10.8. The lowest BCUT2D eigenvalue weighted by Gasteiger charge is -2.35. The summed E-state index contributed by atoms with van der Waals surface area (Å²) in [7, 11) is 0. The highest BCUT2D eigenvalue weighted by atomic mass is 16.5. The summed E-state index contributed by atoms with van der Waals surface area (Å²) < 4.78 is 5.69. The van der Waals surface area contributed by atoms with Gasteiger partial charge in [-0.3, -0.25) is 14.4 Å². The predicted molar refractivity (Wildman–Crippen MR) is 114 cm³/mol. The molecular weight excluding hydrogens is 400 g/mol. The van der Waals surface area contributed by atoms with Crippen molar-refractivity contribution in [2.24, 2.45) is 0 Å². The van der Waals surface area contributed by atoms with Crippen LogP contribution >= 0.6 is 0 Å². The summed E-state index contributed by atoms with van der Waals surface area (Å²) in [5.41, 5.74) is -0.0968. The van der Waals surface area contributed by atoms with Crippen molar-refractivity contribution >= 4 is 17.5 Å². The van der Waals surface area contributed by atoms with E-state index in [0.29, 0.717) is 12.0 Å². The third kappa shape index (κ3) is 3.87. The van der Waals surface area contributed by atoms with Crippen LogP contribution in [0.15, 0.2) is 17.2 Å². The van der Waals surface area contributed by atoms with Crippen molar-refractivity contribution in [2.75, 3.05) is 0 Å². The number of carboxylic acid groups (broad SMARTS) is 1. The van der Waals surface area contributed by atoms with Gasteiger partial charge in [-0.05, 0) is 31.2 Å². The van der Waals surface area contributed by atoms with Gasteiger partial charge < -0.3 is 20.1 Å². The number of carbonyl (C=O) groups is 3. The molecule has 1 aromatic rings. The van der Waals surface area contributed by atoms with Crippen LogP contribution in [0.5, 0.6) is 11.5 Å². The molecule has 3 rings (SSSR count). The van der Waals surface area contributed by atoms with Crippen molar-refractivity contribution in [2.45, 2.75) is 83.8 Å². The van der Waals surface area contributed by atoms with Crippen LogP contribution in [0.3, 0.4) is 0 Å². The largest absolute Gasteiger partial charge is 0.507 e. The van der Waals surface area contributed by atoms with Gasteiger partial charge in [-0.15, -0.1) is 0 Å². The van der Waals surface area contributed by atoms with E-state index < -0.39 is 35.2 Å². The van der Waals surface area contributed by atoms with Gasteiger partial charge in [-0.25, -0.2) is 0 Å². The second-order valence-corrected chi connectivity index (χ2v) is 8.81. The van der Waals surface area contributed by atoms with Crippen LogP contribution in [-0.4, -0.2) is 45.1 Å². The van der Waals surface area contributed by atoms with Gasteiger partial charge >= 0.3 is 5.97 Å². The molecule has 168 valence electrons. The van der Waals surface area contributed by atoms with E-state index in [0.717, 1.165) is 19.3 Å². The van der Waals surface area contributed by atoms with E-state index in [2.05, 4.69) is 6.92 Å². The predicted octanol–water partition coefficient (Wildman–Crippen LogP) is 4.28. The number of ketones is 2. The second-order valence-electron chi connectivity index (χ2n) is 8.81. The van der Waals surface area contributed by atoms with Gasteiger partial charge in [0.05, 0.1) is 29.8 Å². The fourth-order valence-corrected chi connectivity index (χ4v) is 4.76. The third-order valence-electron chi connectivity index (χ3n) is 6.73. The Balaban J connectivity index is 2.14. The number of phenols is 2. The van der Waals surface area contributed by atoms with Crippen LogP contribution in [0.2, 0.25) is 0 Å². The molecule has 31 heavy (non-hydrogen) atoms. The summed E-state index contributed by atoms with van der Waals surface area (Å²) in [6.45, 7) is 7.63. The zero-order valence-corrected chi connectivity index (χ0v) is 18.4. The highest BCUT2D eigenvalue weighted by molar-refractivity contribution is 6.29. The quantitative estimate of drug-likeness (QED) is 0.552. The van der Waals surface area contributed by atoms with Crippen molar-refractivity contribution in [1.29, 1.82) is 0 Å². The lowest BCUT2D eigenvalue weighted by atomic mass is 9.71. The lowest BCUT2D eigenvalue weighted by molar-refractivity contribution is -0.141. The molecule has 0 aromatic heterocycles. The summed E-state index contributed by atoms with van der Waals surface area (Å²) in [5, 5.41) is 31.0. The van der Waals surface area contributed by atoms with E-state index in [9.17, 15) is 24.6 Å².